The largest absolute Gasteiger partial charge is 0.376 e. The van der Waals surface area contributed by atoms with E-state index in [1.54, 1.807) is 0 Å². The van der Waals surface area contributed by atoms with Gasteiger partial charge in [0.1, 0.15) is 0 Å². The van der Waals surface area contributed by atoms with Crippen LogP contribution in [0.4, 0.5) is 0 Å². The average Bonchev–Trinajstić information content (AvgIpc) is 2.20. The van der Waals surface area contributed by atoms with Gasteiger partial charge in [0.2, 0.25) is 0 Å². The molecule has 1 aliphatic carbocycles. The van der Waals surface area contributed by atoms with E-state index < -0.39 is 0 Å². The van der Waals surface area contributed by atoms with Gasteiger partial charge in [-0.1, -0.05) is 0 Å². The van der Waals surface area contributed by atoms with Crippen LogP contribution in [0.3, 0.4) is 0 Å². The van der Waals surface area contributed by atoms with Crippen LogP contribution < -0.4 is 5.32 Å². The highest BCUT2D eigenvalue weighted by atomic mass is 16.5. The van der Waals surface area contributed by atoms with Crippen molar-refractivity contribution in [2.24, 2.45) is 5.92 Å². The Balaban J connectivity index is 1.85. The summed E-state index contributed by atoms with van der Waals surface area (Å²) in [7, 11) is 0. The predicted molar refractivity (Wildman–Crippen MR) is 75.8 cm³/mol. The van der Waals surface area contributed by atoms with Crippen LogP contribution in [0, 0.1) is 5.92 Å². The van der Waals surface area contributed by atoms with E-state index in [2.05, 4.69) is 44.8 Å². The molecular formula is C15H30N2O. The number of hydrogen-bond acceptors (Lipinski definition) is 3. The Hall–Kier alpha value is -0.120. The molecule has 1 saturated heterocycles. The van der Waals surface area contributed by atoms with Crippen molar-refractivity contribution in [3.05, 3.63) is 0 Å². The molecule has 1 N–H and O–H groups in total. The lowest BCUT2D eigenvalue weighted by Crippen LogP contribution is -2.59. The molecule has 18 heavy (non-hydrogen) atoms. The molecule has 0 amide bonds. The Morgan fingerprint density at radius 2 is 1.94 bits per heavy atom. The minimum absolute atomic E-state index is 0.240. The van der Waals surface area contributed by atoms with Gasteiger partial charge >= 0.3 is 0 Å². The fraction of sp³-hybridized carbons (Fsp3) is 1.00. The third kappa shape index (κ3) is 3.46. The number of nitrogens with one attached hydrogen (secondary N) is 1. The molecule has 2 rings (SSSR count). The third-order valence-electron chi connectivity index (χ3n) is 4.35. The quantitative estimate of drug-likeness (QED) is 0.836. The number of morpholine rings is 1. The fourth-order valence-electron chi connectivity index (χ4n) is 3.05. The lowest BCUT2D eigenvalue weighted by atomic mass is 9.77. The molecule has 0 aromatic carbocycles. The maximum atomic E-state index is 5.73. The highest BCUT2D eigenvalue weighted by molar-refractivity contribution is 4.94. The molecule has 3 heteroatoms. The molecular weight excluding hydrogens is 224 g/mol. The molecule has 0 bridgehead atoms. The first-order chi connectivity index (χ1) is 8.37. The van der Waals surface area contributed by atoms with Gasteiger partial charge in [0.15, 0.2) is 0 Å². The zero-order valence-electron chi connectivity index (χ0n) is 12.7. The molecule has 2 fully saturated rings. The Bertz CT molecular complexity index is 274. The van der Waals surface area contributed by atoms with Crippen LogP contribution in [0.25, 0.3) is 0 Å². The van der Waals surface area contributed by atoms with Gasteiger partial charge in [-0.05, 0) is 59.9 Å². The molecule has 4 atom stereocenters. The second kappa shape index (κ2) is 5.48. The number of nitrogens with zero attached hydrogens (tertiary/aromatic N) is 1. The van der Waals surface area contributed by atoms with Crippen LogP contribution in [0.1, 0.15) is 47.5 Å². The van der Waals surface area contributed by atoms with Crippen molar-refractivity contribution in [1.82, 2.24) is 10.2 Å². The normalized spacial score (nSPS) is 38.5. The van der Waals surface area contributed by atoms with Crippen LogP contribution >= 0.6 is 0 Å². The Labute approximate surface area is 112 Å². The second-order valence-electron chi connectivity index (χ2n) is 7.23. The van der Waals surface area contributed by atoms with Crippen LogP contribution in [-0.2, 0) is 4.74 Å². The topological polar surface area (TPSA) is 24.5 Å². The van der Waals surface area contributed by atoms with Crippen molar-refractivity contribution in [1.29, 1.82) is 0 Å². The Kier molecular flexibility index (Phi) is 4.35. The Morgan fingerprint density at radius 3 is 2.50 bits per heavy atom. The molecule has 1 aliphatic heterocycles. The summed E-state index contributed by atoms with van der Waals surface area (Å²) in [5.41, 5.74) is 0.240. The van der Waals surface area contributed by atoms with E-state index in [-0.39, 0.29) is 5.54 Å². The predicted octanol–water partition coefficient (Wildman–Crippen LogP) is 2.26. The number of rotatable bonds is 3. The third-order valence-corrected chi connectivity index (χ3v) is 4.35. The second-order valence-corrected chi connectivity index (χ2v) is 7.23. The summed E-state index contributed by atoms with van der Waals surface area (Å²) in [4.78, 5) is 2.69. The molecule has 1 saturated carbocycles. The molecule has 0 aromatic rings. The van der Waals surface area contributed by atoms with Gasteiger partial charge in [-0.2, -0.15) is 0 Å². The minimum Gasteiger partial charge on any atom is -0.376 e. The summed E-state index contributed by atoms with van der Waals surface area (Å²) in [6.45, 7) is 14.4. The maximum Gasteiger partial charge on any atom is 0.0674 e. The van der Waals surface area contributed by atoms with E-state index in [4.69, 9.17) is 4.74 Å². The van der Waals surface area contributed by atoms with Crippen molar-refractivity contribution in [3.63, 3.8) is 0 Å². The molecule has 0 aromatic heterocycles. The lowest BCUT2D eigenvalue weighted by Gasteiger charge is -2.50. The summed E-state index contributed by atoms with van der Waals surface area (Å²) in [6, 6.07) is 1.37. The highest BCUT2D eigenvalue weighted by Gasteiger charge is 2.39. The first-order valence-corrected chi connectivity index (χ1v) is 7.49. The molecule has 0 radical (unpaired) electrons. The number of hydrogen-bond donors (Lipinski definition) is 1. The van der Waals surface area contributed by atoms with Crippen molar-refractivity contribution >= 4 is 0 Å². The zero-order chi connectivity index (χ0) is 13.3. The lowest BCUT2D eigenvalue weighted by molar-refractivity contribution is -0.0930. The van der Waals surface area contributed by atoms with E-state index in [1.807, 2.05) is 0 Å². The van der Waals surface area contributed by atoms with E-state index in [1.165, 1.54) is 12.8 Å². The van der Waals surface area contributed by atoms with Gasteiger partial charge in [-0.25, -0.2) is 0 Å². The van der Waals surface area contributed by atoms with E-state index in [9.17, 15) is 0 Å². The number of ether oxygens (including phenoxy) is 1. The summed E-state index contributed by atoms with van der Waals surface area (Å²) >= 11 is 0. The van der Waals surface area contributed by atoms with Gasteiger partial charge in [0.05, 0.1) is 12.7 Å². The van der Waals surface area contributed by atoms with Crippen molar-refractivity contribution in [2.45, 2.75) is 71.2 Å². The smallest absolute Gasteiger partial charge is 0.0674 e. The summed E-state index contributed by atoms with van der Waals surface area (Å²) in [5, 5.41) is 3.66. The maximum absolute atomic E-state index is 5.73. The minimum atomic E-state index is 0.240. The van der Waals surface area contributed by atoms with E-state index >= 15 is 0 Å². The van der Waals surface area contributed by atoms with Crippen LogP contribution in [-0.4, -0.2) is 48.3 Å². The van der Waals surface area contributed by atoms with Crippen molar-refractivity contribution in [2.75, 3.05) is 19.7 Å². The van der Waals surface area contributed by atoms with E-state index in [0.717, 1.165) is 31.7 Å². The van der Waals surface area contributed by atoms with Gasteiger partial charge in [-0.15, -0.1) is 0 Å². The molecule has 1 heterocycles. The zero-order valence-corrected chi connectivity index (χ0v) is 12.7. The summed E-state index contributed by atoms with van der Waals surface area (Å²) in [5.74, 6) is 0.831. The summed E-state index contributed by atoms with van der Waals surface area (Å²) < 4.78 is 5.73. The summed E-state index contributed by atoms with van der Waals surface area (Å²) in [6.07, 6.45) is 3.15. The van der Waals surface area contributed by atoms with Gasteiger partial charge in [-0.3, -0.25) is 4.90 Å². The average molecular weight is 254 g/mol. The SMILES string of the molecule is CC1CN(C2CCC2CNC(C)(C)C)C(C)CO1. The highest BCUT2D eigenvalue weighted by Crippen LogP contribution is 2.34. The van der Waals surface area contributed by atoms with Gasteiger partial charge in [0, 0.05) is 24.2 Å². The van der Waals surface area contributed by atoms with Crippen molar-refractivity contribution in [3.8, 4) is 0 Å². The molecule has 3 nitrogen and oxygen atoms in total. The van der Waals surface area contributed by atoms with Crippen LogP contribution in [0.5, 0.6) is 0 Å². The van der Waals surface area contributed by atoms with E-state index in [0.29, 0.717) is 12.1 Å². The Morgan fingerprint density at radius 1 is 1.22 bits per heavy atom. The van der Waals surface area contributed by atoms with Crippen LogP contribution in [0.15, 0.2) is 0 Å². The van der Waals surface area contributed by atoms with Crippen LogP contribution in [0.2, 0.25) is 0 Å². The standard InChI is InChI=1S/C15H30N2O/c1-11-10-18-12(2)9-17(11)14-7-6-13(14)8-16-15(3,4)5/h11-14,16H,6-10H2,1-5H3. The fourth-order valence-corrected chi connectivity index (χ4v) is 3.05. The molecule has 4 unspecified atom stereocenters. The molecule has 0 spiro atoms. The van der Waals surface area contributed by atoms with Gasteiger partial charge < -0.3 is 10.1 Å². The van der Waals surface area contributed by atoms with Gasteiger partial charge in [0.25, 0.3) is 0 Å². The first-order valence-electron chi connectivity index (χ1n) is 7.49. The molecule has 106 valence electrons. The molecule has 2 aliphatic rings. The first kappa shape index (κ1) is 14.3. The van der Waals surface area contributed by atoms with Crippen molar-refractivity contribution < 1.29 is 4.74 Å². The monoisotopic (exact) mass is 254 g/mol.